The molecule has 0 amide bonds. The minimum Gasteiger partial charge on any atom is -0.458 e. The SMILES string of the molecule is CC(C)(C)c1cccc(N(c2cccc(C(C)(C)C)c2)c2cc3c4c(c2)N(c2cccc(C(C)(C)C)c2)c2cc(C(C)(C)C)ccc2B4c2cc4c(cc2O3)N(c2ccccc2)c2cc(N(c3cccc(C(C)(C)C)c3)c3cccc(C(C)(C)C)c3)cc3c2B4c2ccc(C(C)(C)C)cc2N3c2cccc(C(C)(C)C)c2)c1. The van der Waals surface area contributed by atoms with Gasteiger partial charge >= 0.3 is 0 Å². The van der Waals surface area contributed by atoms with Gasteiger partial charge in [-0.05, 0) is 236 Å². The molecule has 0 aliphatic carbocycles. The Balaban J connectivity index is 1.03. The minimum atomic E-state index is -0.251. The summed E-state index contributed by atoms with van der Waals surface area (Å²) in [5, 5.41) is 0. The molecule has 0 saturated heterocycles. The van der Waals surface area contributed by atoms with E-state index < -0.39 is 0 Å². The molecule has 0 aromatic heterocycles. The topological polar surface area (TPSA) is 25.4 Å². The third-order valence-electron chi connectivity index (χ3n) is 24.0. The highest BCUT2D eigenvalue weighted by molar-refractivity contribution is 7.02. The Labute approximate surface area is 670 Å². The molecule has 0 fully saturated rings. The van der Waals surface area contributed by atoms with Gasteiger partial charge in [0, 0.05) is 86.1 Å². The number of benzene rings is 12. The summed E-state index contributed by atoms with van der Waals surface area (Å²) in [5.74, 6) is 1.67. The van der Waals surface area contributed by atoms with Crippen molar-refractivity contribution < 1.29 is 4.74 Å². The number of fused-ring (bicyclic) bond motifs is 8. The molecule has 0 radical (unpaired) electrons. The van der Waals surface area contributed by atoms with Crippen LogP contribution >= 0.6 is 0 Å². The smallest absolute Gasteiger partial charge is 0.256 e. The van der Waals surface area contributed by atoms with Crippen molar-refractivity contribution in [3.63, 3.8) is 0 Å². The summed E-state index contributed by atoms with van der Waals surface area (Å²) in [7, 11) is 0. The maximum absolute atomic E-state index is 8.14. The molecule has 12 aromatic rings. The molecule has 0 saturated carbocycles. The lowest BCUT2D eigenvalue weighted by Gasteiger charge is -2.46. The van der Waals surface area contributed by atoms with Crippen LogP contribution in [0.4, 0.5) is 85.3 Å². The fourth-order valence-electron chi connectivity index (χ4n) is 17.4. The van der Waals surface area contributed by atoms with E-state index in [0.717, 1.165) is 96.4 Å². The van der Waals surface area contributed by atoms with E-state index in [2.05, 4.69) is 439 Å². The predicted molar refractivity (Wildman–Crippen MR) is 485 cm³/mol. The van der Waals surface area contributed by atoms with E-state index >= 15 is 0 Å². The molecular formula is C104H113B2N5O. The second-order valence-electron chi connectivity index (χ2n) is 40.6. The zero-order valence-corrected chi connectivity index (χ0v) is 71.0. The molecule has 0 spiro atoms. The number of ether oxygens (including phenoxy) is 1. The molecule has 0 N–H and O–H groups in total. The monoisotopic (exact) mass is 1470 g/mol. The molecule has 12 aromatic carbocycles. The summed E-state index contributed by atoms with van der Waals surface area (Å²) in [6.07, 6.45) is 0. The summed E-state index contributed by atoms with van der Waals surface area (Å²) in [6.45, 7) is 55.5. The first-order valence-corrected chi connectivity index (χ1v) is 40.8. The molecule has 8 heteroatoms. The third kappa shape index (κ3) is 13.5. The highest BCUT2D eigenvalue weighted by Crippen LogP contribution is 2.53. The quantitative estimate of drug-likeness (QED) is 0.134. The predicted octanol–water partition coefficient (Wildman–Crippen LogP) is 25.5. The van der Waals surface area contributed by atoms with Gasteiger partial charge in [-0.25, -0.2) is 0 Å². The normalized spacial score (nSPS) is 14.1. The standard InChI is InChI=1S/C104H113B2N5O/c1-97(2,3)66-34-28-42-75(52-66)107(76-43-29-35-67(53-76)98(4,5)6)81-60-90-95-91(61-81)110(79-46-32-38-70(56-79)101(13,14)15)87-58-72(103(19,20)21)48-50-83(87)105(95)85-64-86-93(65-89(85)109(90)74-40-26-25-27-41-74)112-94-63-82(108(77-44-30-36-68(54-77)99(7,8)9)78-45-31-37-69(55-78)100(10,11)12)62-92-96(94)106(86)84-51-49-73(104(22,23)24)59-88(84)111(92)80-47-33-39-71(57-80)102(16,17)18/h25-65H,1-24H3. The highest BCUT2D eigenvalue weighted by atomic mass is 16.5. The van der Waals surface area contributed by atoms with Crippen molar-refractivity contribution in [2.24, 2.45) is 0 Å². The van der Waals surface area contributed by atoms with E-state index in [1.54, 1.807) is 0 Å². The minimum absolute atomic E-state index is 0.113. The van der Waals surface area contributed by atoms with Crippen LogP contribution in [-0.2, 0) is 43.3 Å². The average molecular weight is 1470 g/mol. The molecule has 0 unspecified atom stereocenters. The van der Waals surface area contributed by atoms with Gasteiger partial charge in [-0.3, -0.25) is 0 Å². The van der Waals surface area contributed by atoms with Gasteiger partial charge in [-0.2, -0.15) is 0 Å². The summed E-state index contributed by atoms with van der Waals surface area (Å²) >= 11 is 0. The maximum atomic E-state index is 8.14. The van der Waals surface area contributed by atoms with Crippen LogP contribution in [0.1, 0.15) is 211 Å². The zero-order valence-electron chi connectivity index (χ0n) is 71.0. The Morgan fingerprint density at radius 3 is 0.893 bits per heavy atom. The molecule has 16 rings (SSSR count). The second-order valence-corrected chi connectivity index (χ2v) is 40.6. The Kier molecular flexibility index (Phi) is 18.0. The molecule has 4 aliphatic heterocycles. The number of nitrogens with zero attached hydrogens (tertiary/aromatic N) is 5. The van der Waals surface area contributed by atoms with Crippen molar-refractivity contribution in [1.82, 2.24) is 0 Å². The molecule has 6 nitrogen and oxygen atoms in total. The molecular weight excluding hydrogens is 1360 g/mol. The van der Waals surface area contributed by atoms with E-state index in [1.807, 2.05) is 0 Å². The highest BCUT2D eigenvalue weighted by Gasteiger charge is 2.49. The lowest BCUT2D eigenvalue weighted by Crippen LogP contribution is -2.64. The van der Waals surface area contributed by atoms with E-state index in [9.17, 15) is 0 Å². The molecule has 4 heterocycles. The van der Waals surface area contributed by atoms with Gasteiger partial charge in [0.2, 0.25) is 0 Å². The van der Waals surface area contributed by atoms with Crippen LogP contribution in [-0.4, -0.2) is 13.4 Å². The Morgan fingerprint density at radius 2 is 0.518 bits per heavy atom. The van der Waals surface area contributed by atoms with Crippen molar-refractivity contribution in [2.75, 3.05) is 24.5 Å². The van der Waals surface area contributed by atoms with Crippen molar-refractivity contribution in [2.45, 2.75) is 209 Å². The van der Waals surface area contributed by atoms with Crippen molar-refractivity contribution >= 4 is 132 Å². The first kappa shape index (κ1) is 75.6. The van der Waals surface area contributed by atoms with Crippen molar-refractivity contribution in [1.29, 1.82) is 0 Å². The number of hydrogen-bond donors (Lipinski definition) is 0. The largest absolute Gasteiger partial charge is 0.458 e. The van der Waals surface area contributed by atoms with Crippen LogP contribution in [0, 0.1) is 0 Å². The Morgan fingerprint density at radius 1 is 0.214 bits per heavy atom. The average Bonchev–Trinajstić information content (AvgIpc) is 0.682. The summed E-state index contributed by atoms with van der Waals surface area (Å²) in [6, 6.07) is 96.7. The lowest BCUT2D eigenvalue weighted by atomic mass is 9.30. The van der Waals surface area contributed by atoms with E-state index in [1.165, 1.54) is 77.7 Å². The first-order valence-electron chi connectivity index (χ1n) is 40.8. The number of hydrogen-bond acceptors (Lipinski definition) is 6. The first-order chi connectivity index (χ1) is 52.6. The van der Waals surface area contributed by atoms with Crippen LogP contribution in [0.2, 0.25) is 0 Å². The molecule has 0 atom stereocenters. The summed E-state index contributed by atoms with van der Waals surface area (Å²) < 4.78 is 8.14. The van der Waals surface area contributed by atoms with Crippen LogP contribution in [0.25, 0.3) is 0 Å². The fraction of sp³-hybridized carbons (Fsp3) is 0.308. The Hall–Kier alpha value is -10.4. The van der Waals surface area contributed by atoms with Crippen LogP contribution < -0.4 is 62.0 Å². The summed E-state index contributed by atoms with van der Waals surface area (Å²) in [4.78, 5) is 12.8. The molecule has 0 bridgehead atoms. The van der Waals surface area contributed by atoms with E-state index in [4.69, 9.17) is 4.74 Å². The van der Waals surface area contributed by atoms with E-state index in [0.29, 0.717) is 0 Å². The molecule has 566 valence electrons. The van der Waals surface area contributed by atoms with Crippen LogP contribution in [0.15, 0.2) is 249 Å². The number of anilines is 15. The molecule has 112 heavy (non-hydrogen) atoms. The number of para-hydroxylation sites is 1. The van der Waals surface area contributed by atoms with Gasteiger partial charge < -0.3 is 29.2 Å². The van der Waals surface area contributed by atoms with E-state index in [-0.39, 0.29) is 56.7 Å². The third-order valence-corrected chi connectivity index (χ3v) is 24.0. The van der Waals surface area contributed by atoms with Gasteiger partial charge in [0.15, 0.2) is 0 Å². The van der Waals surface area contributed by atoms with Crippen molar-refractivity contribution in [3.05, 3.63) is 293 Å². The van der Waals surface area contributed by atoms with Gasteiger partial charge in [-0.15, -0.1) is 0 Å². The van der Waals surface area contributed by atoms with Crippen LogP contribution in [0.5, 0.6) is 11.5 Å². The summed E-state index contributed by atoms with van der Waals surface area (Å²) in [5.41, 5.74) is 32.9. The van der Waals surface area contributed by atoms with Gasteiger partial charge in [0.25, 0.3) is 13.4 Å². The lowest BCUT2D eigenvalue weighted by molar-refractivity contribution is 0.488. The number of rotatable bonds is 9. The van der Waals surface area contributed by atoms with Crippen LogP contribution in [0.3, 0.4) is 0 Å². The zero-order chi connectivity index (χ0) is 79.6. The van der Waals surface area contributed by atoms with Gasteiger partial charge in [0.05, 0.1) is 11.4 Å². The van der Waals surface area contributed by atoms with Gasteiger partial charge in [-0.1, -0.05) is 287 Å². The maximum Gasteiger partial charge on any atom is 0.256 e. The van der Waals surface area contributed by atoms with Gasteiger partial charge in [0.1, 0.15) is 11.5 Å². The Bertz CT molecular complexity index is 5600. The second kappa shape index (κ2) is 26.6. The fourth-order valence-corrected chi connectivity index (χ4v) is 17.4. The molecule has 4 aliphatic rings. The van der Waals surface area contributed by atoms with Crippen molar-refractivity contribution in [3.8, 4) is 11.5 Å².